The molecule has 0 fully saturated rings. The van der Waals surface area contributed by atoms with E-state index in [9.17, 15) is 4.39 Å². The largest absolute Gasteiger partial charge is 0.493 e. The Morgan fingerprint density at radius 2 is 1.78 bits per heavy atom. The standard InChI is InChI=1S/C21H16Cl2FNO2/c1-26-21-10-14(12-25-16-7-8-17(22)18(23)11-16)6-9-20(21)27-13-15-4-2-3-5-19(15)24/h2-12H,13H2,1H3. The smallest absolute Gasteiger partial charge is 0.161 e. The van der Waals surface area contributed by atoms with E-state index in [1.807, 2.05) is 6.07 Å². The molecular weight excluding hydrogens is 388 g/mol. The first-order valence-electron chi connectivity index (χ1n) is 8.10. The third-order valence-electron chi connectivity index (χ3n) is 3.79. The van der Waals surface area contributed by atoms with Crippen molar-refractivity contribution in [3.63, 3.8) is 0 Å². The molecule has 3 nitrogen and oxygen atoms in total. The highest BCUT2D eigenvalue weighted by atomic mass is 35.5. The zero-order valence-corrected chi connectivity index (χ0v) is 16.0. The van der Waals surface area contributed by atoms with E-state index in [4.69, 9.17) is 32.7 Å². The summed E-state index contributed by atoms with van der Waals surface area (Å²) >= 11 is 11.9. The molecule has 0 aliphatic carbocycles. The highest BCUT2D eigenvalue weighted by molar-refractivity contribution is 6.42. The normalized spacial score (nSPS) is 11.0. The number of nitrogens with zero attached hydrogens (tertiary/aromatic N) is 1. The van der Waals surface area contributed by atoms with E-state index in [0.717, 1.165) is 5.56 Å². The van der Waals surface area contributed by atoms with Gasteiger partial charge >= 0.3 is 0 Å². The Morgan fingerprint density at radius 3 is 2.52 bits per heavy atom. The molecule has 0 unspecified atom stereocenters. The average molecular weight is 404 g/mol. The van der Waals surface area contributed by atoms with Gasteiger partial charge in [0.05, 0.1) is 22.8 Å². The number of ether oxygens (including phenoxy) is 2. The van der Waals surface area contributed by atoms with Crippen LogP contribution in [0.15, 0.2) is 65.7 Å². The molecule has 0 aliphatic heterocycles. The van der Waals surface area contributed by atoms with Crippen molar-refractivity contribution in [1.82, 2.24) is 0 Å². The quantitative estimate of drug-likeness (QED) is 0.441. The second-order valence-electron chi connectivity index (χ2n) is 5.65. The fraction of sp³-hybridized carbons (Fsp3) is 0.0952. The highest BCUT2D eigenvalue weighted by Gasteiger charge is 2.07. The van der Waals surface area contributed by atoms with E-state index in [0.29, 0.717) is 32.8 Å². The monoisotopic (exact) mass is 403 g/mol. The molecule has 0 N–H and O–H groups in total. The summed E-state index contributed by atoms with van der Waals surface area (Å²) in [5.41, 5.74) is 1.98. The topological polar surface area (TPSA) is 30.8 Å². The van der Waals surface area contributed by atoms with E-state index < -0.39 is 0 Å². The maximum absolute atomic E-state index is 13.7. The summed E-state index contributed by atoms with van der Waals surface area (Å²) in [7, 11) is 1.55. The van der Waals surface area contributed by atoms with Gasteiger partial charge in [0, 0.05) is 11.8 Å². The summed E-state index contributed by atoms with van der Waals surface area (Å²) in [5.74, 6) is 0.749. The number of benzene rings is 3. The van der Waals surface area contributed by atoms with Crippen molar-refractivity contribution in [3.8, 4) is 11.5 Å². The third-order valence-corrected chi connectivity index (χ3v) is 4.53. The fourth-order valence-corrected chi connectivity index (χ4v) is 2.66. The van der Waals surface area contributed by atoms with Crippen molar-refractivity contribution in [2.45, 2.75) is 6.61 Å². The fourth-order valence-electron chi connectivity index (χ4n) is 2.37. The molecule has 0 aliphatic rings. The van der Waals surface area contributed by atoms with Crippen molar-refractivity contribution < 1.29 is 13.9 Å². The van der Waals surface area contributed by atoms with Gasteiger partial charge in [-0.2, -0.15) is 0 Å². The first-order valence-corrected chi connectivity index (χ1v) is 8.86. The van der Waals surface area contributed by atoms with Crippen LogP contribution in [0.5, 0.6) is 11.5 Å². The Bertz CT molecular complexity index is 976. The number of hydrogen-bond donors (Lipinski definition) is 0. The predicted octanol–water partition coefficient (Wildman–Crippen LogP) is 6.47. The Kier molecular flexibility index (Phi) is 6.32. The van der Waals surface area contributed by atoms with Crippen molar-refractivity contribution in [3.05, 3.63) is 87.7 Å². The van der Waals surface area contributed by atoms with Crippen LogP contribution < -0.4 is 9.47 Å². The SMILES string of the molecule is COc1cc(C=Nc2ccc(Cl)c(Cl)c2)ccc1OCc1ccccc1F. The third kappa shape index (κ3) is 5.00. The molecule has 0 atom stereocenters. The summed E-state index contributed by atoms with van der Waals surface area (Å²) < 4.78 is 24.8. The Labute approximate surface area is 167 Å². The van der Waals surface area contributed by atoms with Crippen LogP contribution in [-0.2, 0) is 6.61 Å². The minimum atomic E-state index is -0.304. The van der Waals surface area contributed by atoms with E-state index >= 15 is 0 Å². The van der Waals surface area contributed by atoms with Gasteiger partial charge in [-0.1, -0.05) is 41.4 Å². The summed E-state index contributed by atoms with van der Waals surface area (Å²) in [6, 6.07) is 17.0. The molecule has 0 bridgehead atoms. The predicted molar refractivity (Wildman–Crippen MR) is 107 cm³/mol. The first-order chi connectivity index (χ1) is 13.1. The van der Waals surface area contributed by atoms with Crippen molar-refractivity contribution in [2.24, 2.45) is 4.99 Å². The molecule has 0 aromatic heterocycles. The molecule has 0 spiro atoms. The van der Waals surface area contributed by atoms with Gasteiger partial charge in [-0.15, -0.1) is 0 Å². The van der Waals surface area contributed by atoms with Gasteiger partial charge in [-0.05, 0) is 48.0 Å². The lowest BCUT2D eigenvalue weighted by molar-refractivity contribution is 0.279. The van der Waals surface area contributed by atoms with Gasteiger partial charge in [0.2, 0.25) is 0 Å². The maximum Gasteiger partial charge on any atom is 0.161 e. The van der Waals surface area contributed by atoms with Gasteiger partial charge in [0.1, 0.15) is 12.4 Å². The lowest BCUT2D eigenvalue weighted by Crippen LogP contribution is -2.00. The Balaban J connectivity index is 1.74. The molecule has 0 heterocycles. The number of halogens is 3. The van der Waals surface area contributed by atoms with Crippen molar-refractivity contribution in [1.29, 1.82) is 0 Å². The van der Waals surface area contributed by atoms with E-state index in [-0.39, 0.29) is 12.4 Å². The van der Waals surface area contributed by atoms with Crippen LogP contribution in [0.3, 0.4) is 0 Å². The first kappa shape index (κ1) is 19.2. The zero-order chi connectivity index (χ0) is 19.2. The molecular formula is C21H16Cl2FNO2. The van der Waals surface area contributed by atoms with Crippen LogP contribution in [0.25, 0.3) is 0 Å². The zero-order valence-electron chi connectivity index (χ0n) is 14.5. The molecule has 3 aromatic carbocycles. The minimum absolute atomic E-state index is 0.111. The lowest BCUT2D eigenvalue weighted by atomic mass is 10.2. The molecule has 0 radical (unpaired) electrons. The molecule has 138 valence electrons. The molecule has 0 saturated carbocycles. The summed E-state index contributed by atoms with van der Waals surface area (Å²) in [6.45, 7) is 0.111. The maximum atomic E-state index is 13.7. The van der Waals surface area contributed by atoms with E-state index in [1.54, 1.807) is 61.9 Å². The molecule has 6 heteroatoms. The van der Waals surface area contributed by atoms with E-state index in [1.165, 1.54) is 6.07 Å². The number of hydrogen-bond acceptors (Lipinski definition) is 3. The van der Waals surface area contributed by atoms with Crippen LogP contribution in [0.2, 0.25) is 10.0 Å². The Morgan fingerprint density at radius 1 is 0.963 bits per heavy atom. The van der Waals surface area contributed by atoms with Crippen LogP contribution in [0.1, 0.15) is 11.1 Å². The summed E-state index contributed by atoms with van der Waals surface area (Å²) in [6.07, 6.45) is 1.68. The van der Waals surface area contributed by atoms with Crippen molar-refractivity contribution >= 4 is 35.1 Å². The lowest BCUT2D eigenvalue weighted by Gasteiger charge is -2.11. The summed E-state index contributed by atoms with van der Waals surface area (Å²) in [4.78, 5) is 4.37. The Hall–Kier alpha value is -2.56. The molecule has 27 heavy (non-hydrogen) atoms. The number of aliphatic imine (C=N–C) groups is 1. The van der Waals surface area contributed by atoms with Gasteiger partial charge in [-0.25, -0.2) is 4.39 Å². The van der Waals surface area contributed by atoms with Gasteiger partial charge in [-0.3, -0.25) is 4.99 Å². The van der Waals surface area contributed by atoms with Crippen molar-refractivity contribution in [2.75, 3.05) is 7.11 Å². The van der Waals surface area contributed by atoms with Gasteiger partial charge in [0.25, 0.3) is 0 Å². The second kappa shape index (κ2) is 8.89. The minimum Gasteiger partial charge on any atom is -0.493 e. The average Bonchev–Trinajstić information content (AvgIpc) is 2.68. The molecule has 0 amide bonds. The number of rotatable bonds is 6. The highest BCUT2D eigenvalue weighted by Crippen LogP contribution is 2.30. The van der Waals surface area contributed by atoms with Gasteiger partial charge in [0.15, 0.2) is 11.5 Å². The molecule has 3 aromatic rings. The van der Waals surface area contributed by atoms with Gasteiger partial charge < -0.3 is 9.47 Å². The van der Waals surface area contributed by atoms with Crippen LogP contribution in [0.4, 0.5) is 10.1 Å². The second-order valence-corrected chi connectivity index (χ2v) is 6.46. The molecule has 0 saturated heterocycles. The van der Waals surface area contributed by atoms with Crippen LogP contribution >= 0.6 is 23.2 Å². The van der Waals surface area contributed by atoms with Crippen LogP contribution in [0, 0.1) is 5.82 Å². The molecule has 3 rings (SSSR count). The van der Waals surface area contributed by atoms with Crippen LogP contribution in [-0.4, -0.2) is 13.3 Å². The van der Waals surface area contributed by atoms with E-state index in [2.05, 4.69) is 4.99 Å². The summed E-state index contributed by atoms with van der Waals surface area (Å²) in [5, 5.41) is 0.925. The number of methoxy groups -OCH3 is 1.